The molecule has 2 N–H and O–H groups in total. The molecule has 6 nitrogen and oxygen atoms in total. The molecule has 1 amide bonds. The Morgan fingerprint density at radius 1 is 1.03 bits per heavy atom. The van der Waals surface area contributed by atoms with Gasteiger partial charge in [0.25, 0.3) is 0 Å². The molecule has 8 heteroatoms. The Bertz CT molecular complexity index is 1090. The van der Waals surface area contributed by atoms with E-state index in [0.717, 1.165) is 21.8 Å². The van der Waals surface area contributed by atoms with Gasteiger partial charge in [-0.1, -0.05) is 47.5 Å². The van der Waals surface area contributed by atoms with E-state index in [1.165, 1.54) is 36.0 Å². The lowest BCUT2D eigenvalue weighted by Gasteiger charge is -2.14. The average Bonchev–Trinajstić information content (AvgIpc) is 3.15. The van der Waals surface area contributed by atoms with Crippen LogP contribution in [0.4, 0.5) is 0 Å². The van der Waals surface area contributed by atoms with E-state index in [-0.39, 0.29) is 11.4 Å². The minimum Gasteiger partial charge on any atom is -0.348 e. The second-order valence-corrected chi connectivity index (χ2v) is 9.52. The number of benzene rings is 2. The first-order chi connectivity index (χ1) is 13.7. The van der Waals surface area contributed by atoms with Gasteiger partial charge in [0.1, 0.15) is 5.01 Å². The van der Waals surface area contributed by atoms with E-state index >= 15 is 0 Å². The molecule has 0 saturated heterocycles. The Kier molecular flexibility index (Phi) is 6.46. The summed E-state index contributed by atoms with van der Waals surface area (Å²) in [6, 6.07) is 13.6. The number of hydrogen-bond donors (Lipinski definition) is 2. The third-order valence-corrected chi connectivity index (χ3v) is 6.77. The largest absolute Gasteiger partial charge is 0.348 e. The molecule has 0 radical (unpaired) electrons. The number of aromatic nitrogens is 1. The summed E-state index contributed by atoms with van der Waals surface area (Å²) >= 11 is 1.45. The van der Waals surface area contributed by atoms with Gasteiger partial charge in [0.15, 0.2) is 0 Å². The molecule has 0 aliphatic heterocycles. The maximum absolute atomic E-state index is 12.4. The van der Waals surface area contributed by atoms with Crippen LogP contribution in [0.25, 0.3) is 11.3 Å². The molecule has 0 aliphatic carbocycles. The van der Waals surface area contributed by atoms with Gasteiger partial charge >= 0.3 is 0 Å². The third kappa shape index (κ3) is 5.50. The number of nitrogens with one attached hydrogen (secondary N) is 2. The quantitative estimate of drug-likeness (QED) is 0.602. The first-order valence-corrected chi connectivity index (χ1v) is 11.5. The lowest BCUT2D eigenvalue weighted by Crippen LogP contribution is -2.44. The van der Waals surface area contributed by atoms with E-state index in [2.05, 4.69) is 15.0 Å². The Morgan fingerprint density at radius 3 is 2.24 bits per heavy atom. The van der Waals surface area contributed by atoms with Gasteiger partial charge in [-0.05, 0) is 32.9 Å². The molecule has 29 heavy (non-hydrogen) atoms. The zero-order valence-corrected chi connectivity index (χ0v) is 18.1. The van der Waals surface area contributed by atoms with Gasteiger partial charge in [0, 0.05) is 10.9 Å². The summed E-state index contributed by atoms with van der Waals surface area (Å²) < 4.78 is 27.2. The normalized spacial score (nSPS) is 12.5. The van der Waals surface area contributed by atoms with Crippen molar-refractivity contribution in [3.05, 3.63) is 70.0 Å². The fourth-order valence-corrected chi connectivity index (χ4v) is 4.58. The maximum Gasteiger partial charge on any atom is 0.241 e. The molecule has 3 rings (SSSR count). The van der Waals surface area contributed by atoms with Crippen LogP contribution in [0.3, 0.4) is 0 Å². The van der Waals surface area contributed by atoms with Crippen molar-refractivity contribution in [2.75, 3.05) is 0 Å². The van der Waals surface area contributed by atoms with Crippen molar-refractivity contribution in [3.63, 3.8) is 0 Å². The van der Waals surface area contributed by atoms with E-state index in [4.69, 9.17) is 0 Å². The van der Waals surface area contributed by atoms with Crippen molar-refractivity contribution >= 4 is 27.3 Å². The molecule has 0 aliphatic rings. The van der Waals surface area contributed by atoms with Gasteiger partial charge in [-0.2, -0.15) is 4.72 Å². The average molecular weight is 430 g/mol. The smallest absolute Gasteiger partial charge is 0.241 e. The molecule has 2 aromatic carbocycles. The van der Waals surface area contributed by atoms with Gasteiger partial charge in [-0.15, -0.1) is 11.3 Å². The summed E-state index contributed by atoms with van der Waals surface area (Å²) in [6.07, 6.45) is 0. The van der Waals surface area contributed by atoms with E-state index in [9.17, 15) is 13.2 Å². The number of sulfonamides is 1. The molecule has 0 saturated carbocycles. The summed E-state index contributed by atoms with van der Waals surface area (Å²) in [5.41, 5.74) is 4.01. The number of carbonyl (C=O) groups is 1. The fraction of sp³-hybridized carbons (Fsp3) is 0.238. The summed E-state index contributed by atoms with van der Waals surface area (Å²) in [4.78, 5) is 17.0. The highest BCUT2D eigenvalue weighted by Gasteiger charge is 2.22. The predicted octanol–water partition coefficient (Wildman–Crippen LogP) is 3.41. The van der Waals surface area contributed by atoms with Crippen LogP contribution in [0, 0.1) is 13.8 Å². The third-order valence-electron chi connectivity index (χ3n) is 4.37. The van der Waals surface area contributed by atoms with Gasteiger partial charge in [-0.3, -0.25) is 4.79 Å². The van der Waals surface area contributed by atoms with Crippen LogP contribution in [-0.2, 0) is 21.4 Å². The van der Waals surface area contributed by atoms with Crippen molar-refractivity contribution in [1.82, 2.24) is 15.0 Å². The summed E-state index contributed by atoms with van der Waals surface area (Å²) in [5.74, 6) is -0.409. The zero-order chi connectivity index (χ0) is 21.0. The molecule has 0 fully saturated rings. The maximum atomic E-state index is 12.4. The highest BCUT2D eigenvalue weighted by molar-refractivity contribution is 7.89. The van der Waals surface area contributed by atoms with E-state index in [1.54, 1.807) is 12.1 Å². The first-order valence-electron chi connectivity index (χ1n) is 9.13. The fourth-order valence-electron chi connectivity index (χ4n) is 2.64. The molecule has 1 atom stereocenters. The molecular formula is C21H23N3O3S2. The van der Waals surface area contributed by atoms with Crippen molar-refractivity contribution in [1.29, 1.82) is 0 Å². The highest BCUT2D eigenvalue weighted by Crippen LogP contribution is 2.22. The molecule has 152 valence electrons. The van der Waals surface area contributed by atoms with Crippen molar-refractivity contribution in [3.8, 4) is 11.3 Å². The van der Waals surface area contributed by atoms with Crippen LogP contribution in [0.5, 0.6) is 0 Å². The van der Waals surface area contributed by atoms with Crippen LogP contribution in [0.15, 0.2) is 58.8 Å². The van der Waals surface area contributed by atoms with E-state index in [0.29, 0.717) is 0 Å². The number of amides is 1. The van der Waals surface area contributed by atoms with Crippen LogP contribution >= 0.6 is 11.3 Å². The van der Waals surface area contributed by atoms with Crippen LogP contribution in [0.2, 0.25) is 0 Å². The standard InChI is InChI=1S/C21H23N3O3S2/c1-14-4-8-17(9-5-14)19-13-28-20(23-19)12-22-21(25)16(3)24-29(26,27)18-10-6-15(2)7-11-18/h4-11,13,16,24H,12H2,1-3H3,(H,22,25). The number of carbonyl (C=O) groups excluding carboxylic acids is 1. The van der Waals surface area contributed by atoms with Crippen LogP contribution < -0.4 is 10.0 Å². The highest BCUT2D eigenvalue weighted by atomic mass is 32.2. The molecule has 1 heterocycles. The van der Waals surface area contributed by atoms with Gasteiger partial charge in [0.2, 0.25) is 15.9 Å². The van der Waals surface area contributed by atoms with Gasteiger partial charge < -0.3 is 5.32 Å². The summed E-state index contributed by atoms with van der Waals surface area (Å²) in [5, 5.41) is 5.43. The molecule has 0 bridgehead atoms. The Balaban J connectivity index is 1.57. The van der Waals surface area contributed by atoms with Crippen LogP contribution in [0.1, 0.15) is 23.1 Å². The molecular weight excluding hydrogens is 406 g/mol. The second kappa shape index (κ2) is 8.86. The van der Waals surface area contributed by atoms with Crippen molar-refractivity contribution in [2.24, 2.45) is 0 Å². The lowest BCUT2D eigenvalue weighted by molar-refractivity contribution is -0.122. The first kappa shape index (κ1) is 21.2. The number of nitrogens with zero attached hydrogens (tertiary/aromatic N) is 1. The number of aryl methyl sites for hydroxylation is 2. The van der Waals surface area contributed by atoms with Crippen molar-refractivity contribution in [2.45, 2.75) is 38.3 Å². The summed E-state index contributed by atoms with van der Waals surface area (Å²) in [7, 11) is -3.76. The van der Waals surface area contributed by atoms with E-state index < -0.39 is 22.0 Å². The van der Waals surface area contributed by atoms with Crippen molar-refractivity contribution < 1.29 is 13.2 Å². The minimum atomic E-state index is -3.76. The van der Waals surface area contributed by atoms with Crippen LogP contribution in [-0.4, -0.2) is 25.4 Å². The Labute approximate surface area is 175 Å². The molecule has 3 aromatic rings. The minimum absolute atomic E-state index is 0.130. The number of thiazole rings is 1. The zero-order valence-electron chi connectivity index (χ0n) is 16.5. The molecule has 0 spiro atoms. The summed E-state index contributed by atoms with van der Waals surface area (Å²) in [6.45, 7) is 5.66. The SMILES string of the molecule is Cc1ccc(-c2csc(CNC(=O)C(C)NS(=O)(=O)c3ccc(C)cc3)n2)cc1. The predicted molar refractivity (Wildman–Crippen MR) is 115 cm³/mol. The number of rotatable bonds is 7. The molecule has 1 unspecified atom stereocenters. The lowest BCUT2D eigenvalue weighted by atomic mass is 10.1. The van der Waals surface area contributed by atoms with E-state index in [1.807, 2.05) is 43.5 Å². The number of hydrogen-bond acceptors (Lipinski definition) is 5. The van der Waals surface area contributed by atoms with Gasteiger partial charge in [0.05, 0.1) is 23.2 Å². The topological polar surface area (TPSA) is 88.2 Å². The molecule has 1 aromatic heterocycles. The second-order valence-electron chi connectivity index (χ2n) is 6.87. The Hall–Kier alpha value is -2.55. The van der Waals surface area contributed by atoms with Gasteiger partial charge in [-0.25, -0.2) is 13.4 Å². The Morgan fingerprint density at radius 2 is 1.62 bits per heavy atom. The monoisotopic (exact) mass is 429 g/mol.